The summed E-state index contributed by atoms with van der Waals surface area (Å²) in [4.78, 5) is 25.3. The van der Waals surface area contributed by atoms with Crippen LogP contribution in [0, 0.1) is 6.92 Å². The number of nitrogens with zero attached hydrogens (tertiary/aromatic N) is 3. The normalized spacial score (nSPS) is 14.2. The Hall–Kier alpha value is -3.03. The van der Waals surface area contributed by atoms with Crippen LogP contribution in [0.2, 0.25) is 0 Å². The predicted octanol–water partition coefficient (Wildman–Crippen LogP) is 1.15. The fraction of sp³-hybridized carbons (Fsp3) is 0.312. The molecule has 3 amide bonds. The third kappa shape index (κ3) is 3.32. The first-order valence-corrected chi connectivity index (χ1v) is 7.60. The number of benzene rings is 1. The van der Waals surface area contributed by atoms with E-state index in [2.05, 4.69) is 15.7 Å². The number of methoxy groups -OCH3 is 1. The second-order valence-corrected chi connectivity index (χ2v) is 5.48. The first-order valence-electron chi connectivity index (χ1n) is 7.60. The number of carbonyl (C=O) groups excluding carboxylic acids is 2. The van der Waals surface area contributed by atoms with E-state index >= 15 is 0 Å². The van der Waals surface area contributed by atoms with Gasteiger partial charge in [0.05, 0.1) is 18.5 Å². The highest BCUT2D eigenvalue weighted by Crippen LogP contribution is 2.20. The van der Waals surface area contributed by atoms with E-state index in [1.54, 1.807) is 17.9 Å². The van der Waals surface area contributed by atoms with Crippen LogP contribution in [0.3, 0.4) is 0 Å². The first kappa shape index (κ1) is 15.9. The number of amides is 3. The van der Waals surface area contributed by atoms with Gasteiger partial charge < -0.3 is 15.0 Å². The fourth-order valence-corrected chi connectivity index (χ4v) is 2.51. The monoisotopic (exact) mass is 329 g/mol. The number of aromatic nitrogens is 2. The minimum absolute atomic E-state index is 0.0570. The molecule has 1 saturated heterocycles. The average Bonchev–Trinajstić information content (AvgIpc) is 2.95. The Labute approximate surface area is 139 Å². The number of nitrogens with one attached hydrogen (secondary N) is 2. The van der Waals surface area contributed by atoms with Gasteiger partial charge in [-0.1, -0.05) is 0 Å². The summed E-state index contributed by atoms with van der Waals surface area (Å²) < 4.78 is 6.80. The number of hydrogen-bond acceptors (Lipinski definition) is 4. The van der Waals surface area contributed by atoms with Crippen molar-refractivity contribution in [3.05, 3.63) is 36.0 Å². The summed E-state index contributed by atoms with van der Waals surface area (Å²) in [6, 6.07) is 8.83. The molecule has 1 aromatic carbocycles. The van der Waals surface area contributed by atoms with Crippen LogP contribution in [-0.4, -0.2) is 53.4 Å². The molecule has 0 atom stereocenters. The van der Waals surface area contributed by atoms with Gasteiger partial charge in [-0.2, -0.15) is 5.10 Å². The molecule has 0 unspecified atom stereocenters. The number of ether oxygens (including phenoxy) is 1. The Morgan fingerprint density at radius 2 is 2.08 bits per heavy atom. The lowest BCUT2D eigenvalue weighted by Gasteiger charge is -2.26. The lowest BCUT2D eigenvalue weighted by molar-refractivity contribution is -0.123. The maximum Gasteiger partial charge on any atom is 0.323 e. The van der Waals surface area contributed by atoms with Crippen LogP contribution in [0.15, 0.2) is 30.3 Å². The van der Waals surface area contributed by atoms with Crippen molar-refractivity contribution in [3.8, 4) is 11.4 Å². The number of aryl methyl sites for hydroxylation is 1. The Morgan fingerprint density at radius 3 is 2.75 bits per heavy atom. The zero-order valence-corrected chi connectivity index (χ0v) is 13.6. The van der Waals surface area contributed by atoms with Crippen LogP contribution < -0.4 is 15.4 Å². The molecule has 8 nitrogen and oxygen atoms in total. The molecule has 1 aliphatic rings. The van der Waals surface area contributed by atoms with Gasteiger partial charge in [-0.25, -0.2) is 9.48 Å². The summed E-state index contributed by atoms with van der Waals surface area (Å²) >= 11 is 0. The van der Waals surface area contributed by atoms with Gasteiger partial charge in [0.2, 0.25) is 5.91 Å². The Kier molecular flexibility index (Phi) is 4.37. The molecule has 0 aliphatic carbocycles. The van der Waals surface area contributed by atoms with Gasteiger partial charge >= 0.3 is 6.03 Å². The van der Waals surface area contributed by atoms with Crippen molar-refractivity contribution in [2.45, 2.75) is 6.92 Å². The second kappa shape index (κ2) is 6.61. The average molecular weight is 329 g/mol. The molecule has 126 valence electrons. The summed E-state index contributed by atoms with van der Waals surface area (Å²) in [5.41, 5.74) is 1.58. The van der Waals surface area contributed by atoms with Crippen molar-refractivity contribution in [1.29, 1.82) is 0 Å². The molecule has 2 N–H and O–H groups in total. The van der Waals surface area contributed by atoms with Crippen LogP contribution in [0.25, 0.3) is 5.69 Å². The summed E-state index contributed by atoms with van der Waals surface area (Å²) in [6.07, 6.45) is 0. The molecule has 1 aromatic heterocycles. The van der Waals surface area contributed by atoms with Gasteiger partial charge in [-0.15, -0.1) is 0 Å². The Bertz CT molecular complexity index is 754. The fourth-order valence-electron chi connectivity index (χ4n) is 2.51. The lowest BCUT2D eigenvalue weighted by Crippen LogP contribution is -2.51. The minimum atomic E-state index is -0.320. The summed E-state index contributed by atoms with van der Waals surface area (Å²) in [6.45, 7) is 2.85. The molecule has 8 heteroatoms. The highest BCUT2D eigenvalue weighted by atomic mass is 16.5. The molecule has 2 heterocycles. The predicted molar refractivity (Wildman–Crippen MR) is 88.5 cm³/mol. The first-order chi connectivity index (χ1) is 11.6. The number of carbonyl (C=O) groups is 2. The maximum atomic E-state index is 12.4. The van der Waals surface area contributed by atoms with Crippen molar-refractivity contribution in [2.75, 3.05) is 32.1 Å². The zero-order valence-electron chi connectivity index (χ0n) is 13.6. The molecule has 3 rings (SSSR count). The minimum Gasteiger partial charge on any atom is -0.497 e. The van der Waals surface area contributed by atoms with Crippen molar-refractivity contribution in [3.63, 3.8) is 0 Å². The van der Waals surface area contributed by atoms with E-state index in [0.29, 0.717) is 18.9 Å². The number of piperazine rings is 1. The smallest absolute Gasteiger partial charge is 0.323 e. The molecule has 24 heavy (non-hydrogen) atoms. The molecule has 0 radical (unpaired) electrons. The van der Waals surface area contributed by atoms with Crippen LogP contribution in [0.5, 0.6) is 5.75 Å². The molecule has 0 spiro atoms. The quantitative estimate of drug-likeness (QED) is 0.884. The molecule has 1 aliphatic heterocycles. The molecular weight excluding hydrogens is 310 g/mol. The maximum absolute atomic E-state index is 12.4. The van der Waals surface area contributed by atoms with E-state index in [0.717, 1.165) is 17.1 Å². The molecule has 0 saturated carbocycles. The third-order valence-electron chi connectivity index (χ3n) is 3.71. The number of urea groups is 1. The van der Waals surface area contributed by atoms with E-state index in [9.17, 15) is 9.59 Å². The van der Waals surface area contributed by atoms with E-state index < -0.39 is 0 Å². The molecule has 0 bridgehead atoms. The largest absolute Gasteiger partial charge is 0.497 e. The standard InChI is InChI=1S/C16H19N5O3/c1-11-9-14(18-16(23)20-8-7-17-15(22)10-20)21(19-11)12-3-5-13(24-2)6-4-12/h3-6,9H,7-8,10H2,1-2H3,(H,17,22)(H,18,23). The highest BCUT2D eigenvalue weighted by Gasteiger charge is 2.22. The summed E-state index contributed by atoms with van der Waals surface area (Å²) in [5, 5.41) is 9.93. The zero-order chi connectivity index (χ0) is 17.1. The lowest BCUT2D eigenvalue weighted by atomic mass is 10.3. The molecule has 1 fully saturated rings. The van der Waals surface area contributed by atoms with Gasteiger partial charge in [-0.05, 0) is 31.2 Å². The van der Waals surface area contributed by atoms with Crippen LogP contribution in [0.1, 0.15) is 5.69 Å². The Balaban J connectivity index is 1.80. The van der Waals surface area contributed by atoms with Crippen LogP contribution >= 0.6 is 0 Å². The van der Waals surface area contributed by atoms with E-state index in [4.69, 9.17) is 4.74 Å². The number of rotatable bonds is 3. The molecular formula is C16H19N5O3. The van der Waals surface area contributed by atoms with Gasteiger partial charge in [-0.3, -0.25) is 10.1 Å². The summed E-state index contributed by atoms with van der Waals surface area (Å²) in [5.74, 6) is 1.14. The van der Waals surface area contributed by atoms with Crippen molar-refractivity contribution < 1.29 is 14.3 Å². The van der Waals surface area contributed by atoms with E-state index in [1.807, 2.05) is 31.2 Å². The van der Waals surface area contributed by atoms with Crippen LogP contribution in [0.4, 0.5) is 10.6 Å². The second-order valence-electron chi connectivity index (χ2n) is 5.48. The highest BCUT2D eigenvalue weighted by molar-refractivity contribution is 5.92. The van der Waals surface area contributed by atoms with Gasteiger partial charge in [0.15, 0.2) is 0 Å². The van der Waals surface area contributed by atoms with Gasteiger partial charge in [0.25, 0.3) is 0 Å². The van der Waals surface area contributed by atoms with Crippen molar-refractivity contribution in [1.82, 2.24) is 20.0 Å². The number of hydrogen-bond donors (Lipinski definition) is 2. The van der Waals surface area contributed by atoms with Gasteiger partial charge in [0, 0.05) is 19.2 Å². The van der Waals surface area contributed by atoms with E-state index in [1.165, 1.54) is 4.90 Å². The van der Waals surface area contributed by atoms with Gasteiger partial charge in [0.1, 0.15) is 18.1 Å². The van der Waals surface area contributed by atoms with Crippen LogP contribution in [-0.2, 0) is 4.79 Å². The topological polar surface area (TPSA) is 88.5 Å². The SMILES string of the molecule is COc1ccc(-n2nc(C)cc2NC(=O)N2CCNC(=O)C2)cc1. The third-order valence-corrected chi connectivity index (χ3v) is 3.71. The summed E-state index contributed by atoms with van der Waals surface area (Å²) in [7, 11) is 1.60. The van der Waals surface area contributed by atoms with Crippen molar-refractivity contribution in [2.24, 2.45) is 0 Å². The van der Waals surface area contributed by atoms with E-state index in [-0.39, 0.29) is 18.5 Å². The Morgan fingerprint density at radius 1 is 1.33 bits per heavy atom. The number of anilines is 1. The molecule has 2 aromatic rings. The van der Waals surface area contributed by atoms with Crippen molar-refractivity contribution >= 4 is 17.8 Å².